The molecule has 0 aromatic carbocycles. The molecule has 9 heteroatoms. The molecule has 2 heterocycles. The van der Waals surface area contributed by atoms with Crippen molar-refractivity contribution in [3.63, 3.8) is 0 Å². The quantitative estimate of drug-likeness (QED) is 0.263. The summed E-state index contributed by atoms with van der Waals surface area (Å²) >= 11 is 3.72. The van der Waals surface area contributed by atoms with E-state index < -0.39 is 17.4 Å². The molecule has 1 aromatic rings. The maximum atomic E-state index is 13.4. The Kier molecular flexibility index (Phi) is 8.79. The Balaban J connectivity index is 1.45. The van der Waals surface area contributed by atoms with Crippen molar-refractivity contribution in [1.29, 1.82) is 0 Å². The SMILES string of the molecule is CC(C)[C@@H](C)[C@@]1(C)CC[C@]2(C)[C@H]3CC[C@@H]4[C@@]5(COC[C@]4(C)[C@@H](OC[C@](C)(N)C(C)C)[C@H](n4cnnc4Br)C5)C3=CC[C@@]2(C)[C@@H]1C(=O)O. The number of halogens is 1. The predicted molar refractivity (Wildman–Crippen MR) is 188 cm³/mol. The predicted octanol–water partition coefficient (Wildman–Crippen LogP) is 7.93. The first-order valence-corrected chi connectivity index (χ1v) is 19.1. The van der Waals surface area contributed by atoms with Gasteiger partial charge in [0.05, 0.1) is 37.9 Å². The third-order valence-corrected chi connectivity index (χ3v) is 16.4. The van der Waals surface area contributed by atoms with Gasteiger partial charge in [0.1, 0.15) is 6.33 Å². The van der Waals surface area contributed by atoms with Crippen LogP contribution in [0.5, 0.6) is 0 Å². The van der Waals surface area contributed by atoms with Crippen molar-refractivity contribution in [3.8, 4) is 0 Å². The maximum absolute atomic E-state index is 13.4. The molecular formula is C38H61BrN4O4. The molecule has 6 rings (SSSR count). The van der Waals surface area contributed by atoms with Crippen LogP contribution in [0.1, 0.15) is 114 Å². The van der Waals surface area contributed by atoms with Crippen LogP contribution in [0, 0.1) is 62.6 Å². The van der Waals surface area contributed by atoms with E-state index in [2.05, 4.69) is 106 Å². The zero-order chi connectivity index (χ0) is 34.5. The summed E-state index contributed by atoms with van der Waals surface area (Å²) in [5.41, 5.74) is 6.74. The van der Waals surface area contributed by atoms with Crippen LogP contribution in [0.2, 0.25) is 0 Å². The van der Waals surface area contributed by atoms with Crippen LogP contribution in [0.4, 0.5) is 0 Å². The average Bonchev–Trinajstić information content (AvgIpc) is 3.41. The average molecular weight is 718 g/mol. The summed E-state index contributed by atoms with van der Waals surface area (Å²) in [4.78, 5) is 13.4. The van der Waals surface area contributed by atoms with Gasteiger partial charge in [-0.15, -0.1) is 10.2 Å². The van der Waals surface area contributed by atoms with E-state index in [4.69, 9.17) is 15.2 Å². The van der Waals surface area contributed by atoms with Gasteiger partial charge < -0.3 is 24.9 Å². The number of carboxylic acids is 1. The van der Waals surface area contributed by atoms with E-state index in [0.29, 0.717) is 48.2 Å². The van der Waals surface area contributed by atoms with Crippen molar-refractivity contribution in [2.45, 2.75) is 125 Å². The van der Waals surface area contributed by atoms with Crippen molar-refractivity contribution in [2.75, 3.05) is 19.8 Å². The molecule has 12 atom stereocenters. The molecule has 0 amide bonds. The number of aromatic nitrogens is 3. The van der Waals surface area contributed by atoms with Crippen LogP contribution >= 0.6 is 15.9 Å². The van der Waals surface area contributed by atoms with Crippen molar-refractivity contribution < 1.29 is 19.4 Å². The van der Waals surface area contributed by atoms with Gasteiger partial charge in [0.2, 0.25) is 0 Å². The Hall–Kier alpha value is -1.29. The molecule has 5 aliphatic rings. The summed E-state index contributed by atoms with van der Waals surface area (Å²) in [5, 5.41) is 19.7. The fourth-order valence-electron chi connectivity index (χ4n) is 12.0. The number of rotatable bonds is 8. The van der Waals surface area contributed by atoms with Gasteiger partial charge >= 0.3 is 5.97 Å². The molecule has 8 nitrogen and oxygen atoms in total. The zero-order valence-corrected chi connectivity index (χ0v) is 32.2. The minimum Gasteiger partial charge on any atom is -0.481 e. The number of fused-ring (bicyclic) bond motifs is 3. The lowest BCUT2D eigenvalue weighted by Crippen LogP contribution is -2.69. The van der Waals surface area contributed by atoms with Gasteiger partial charge in [-0.25, -0.2) is 0 Å². The van der Waals surface area contributed by atoms with Crippen LogP contribution in [0.3, 0.4) is 0 Å². The number of hydrogen-bond donors (Lipinski definition) is 2. The first-order valence-electron chi connectivity index (χ1n) is 18.3. The summed E-state index contributed by atoms with van der Waals surface area (Å²) in [6, 6.07) is 0.00144. The highest BCUT2D eigenvalue weighted by atomic mass is 79.9. The zero-order valence-electron chi connectivity index (χ0n) is 30.6. The van der Waals surface area contributed by atoms with Crippen LogP contribution < -0.4 is 5.73 Å². The van der Waals surface area contributed by atoms with Crippen molar-refractivity contribution in [1.82, 2.24) is 14.8 Å². The number of nitrogens with two attached hydrogens (primary N) is 1. The van der Waals surface area contributed by atoms with Crippen molar-refractivity contribution in [3.05, 3.63) is 22.7 Å². The van der Waals surface area contributed by atoms with Gasteiger partial charge in [-0.05, 0) is 107 Å². The number of carboxylic acid groups (broad SMARTS) is 1. The van der Waals surface area contributed by atoms with E-state index in [9.17, 15) is 9.90 Å². The minimum atomic E-state index is -0.617. The standard InChI is InChI=1S/C38H61BrN4O4/c1-22(2)24(5)33(6)15-16-35(8)25-11-12-28-34(7)18-46-20-38(28,26(25)13-14-36(35,9)29(33)31(44)45)17-27(43-21-41-42-32(43)39)30(34)47-19-37(10,40)23(3)4/h13,21-25,27-30H,11-12,14-20,40H2,1-10H3,(H,44,45)/t24-,25+,27-,28+,29-,30+,33-,34+,35-,36+,37+,38+/m1/s1. The minimum absolute atomic E-state index is 0.00144. The molecular weight excluding hydrogens is 656 g/mol. The van der Waals surface area contributed by atoms with E-state index in [-0.39, 0.29) is 45.1 Å². The summed E-state index contributed by atoms with van der Waals surface area (Å²) < 4.78 is 16.6. The van der Waals surface area contributed by atoms with Crippen LogP contribution in [-0.4, -0.2) is 57.3 Å². The molecule has 1 saturated heterocycles. The lowest BCUT2D eigenvalue weighted by atomic mass is 9.34. The molecule has 264 valence electrons. The smallest absolute Gasteiger partial charge is 0.307 e. The van der Waals surface area contributed by atoms with E-state index in [0.717, 1.165) is 38.5 Å². The second kappa shape index (κ2) is 11.6. The van der Waals surface area contributed by atoms with Gasteiger partial charge in [0.15, 0.2) is 4.73 Å². The van der Waals surface area contributed by atoms with E-state index in [1.165, 1.54) is 5.57 Å². The number of carbonyl (C=O) groups is 1. The van der Waals surface area contributed by atoms with Gasteiger partial charge in [-0.3, -0.25) is 4.79 Å². The van der Waals surface area contributed by atoms with E-state index in [1.807, 2.05) is 6.33 Å². The van der Waals surface area contributed by atoms with E-state index in [1.54, 1.807) is 0 Å². The molecule has 0 unspecified atom stereocenters. The van der Waals surface area contributed by atoms with Gasteiger partial charge in [-0.2, -0.15) is 0 Å². The summed E-state index contributed by atoms with van der Waals surface area (Å²) in [6.45, 7) is 24.5. The second-order valence-electron chi connectivity index (χ2n) is 18.5. The van der Waals surface area contributed by atoms with Gasteiger partial charge in [0.25, 0.3) is 0 Å². The molecule has 2 bridgehead atoms. The number of nitrogens with zero attached hydrogens (tertiary/aromatic N) is 3. The Morgan fingerprint density at radius 3 is 2.45 bits per heavy atom. The lowest BCUT2D eigenvalue weighted by molar-refractivity contribution is -0.252. The van der Waals surface area contributed by atoms with Crippen LogP contribution in [-0.2, 0) is 14.3 Å². The number of hydrogen-bond acceptors (Lipinski definition) is 6. The largest absolute Gasteiger partial charge is 0.481 e. The molecule has 3 N–H and O–H groups in total. The third-order valence-electron chi connectivity index (χ3n) is 15.9. The fourth-order valence-corrected chi connectivity index (χ4v) is 12.5. The second-order valence-corrected chi connectivity index (χ2v) is 19.2. The Morgan fingerprint density at radius 1 is 1.15 bits per heavy atom. The number of allylic oxidation sites excluding steroid dienone is 1. The molecule has 0 spiro atoms. The molecule has 3 saturated carbocycles. The summed E-state index contributed by atoms with van der Waals surface area (Å²) in [7, 11) is 0. The van der Waals surface area contributed by atoms with E-state index >= 15 is 0 Å². The first kappa shape index (κ1) is 35.5. The highest BCUT2D eigenvalue weighted by molar-refractivity contribution is 9.10. The van der Waals surface area contributed by atoms with Gasteiger partial charge in [0, 0.05) is 16.4 Å². The fraction of sp³-hybridized carbons (Fsp3) is 0.868. The number of aliphatic carboxylic acids is 1. The highest BCUT2D eigenvalue weighted by Gasteiger charge is 2.72. The van der Waals surface area contributed by atoms with Crippen LogP contribution in [0.25, 0.3) is 0 Å². The Morgan fingerprint density at radius 2 is 1.85 bits per heavy atom. The van der Waals surface area contributed by atoms with Crippen molar-refractivity contribution >= 4 is 21.9 Å². The molecule has 0 radical (unpaired) electrons. The Bertz CT molecular complexity index is 1410. The molecule has 4 fully saturated rings. The molecule has 1 aromatic heterocycles. The third kappa shape index (κ3) is 4.92. The first-order chi connectivity index (χ1) is 21.8. The lowest BCUT2D eigenvalue weighted by Gasteiger charge is -2.71. The highest BCUT2D eigenvalue weighted by Crippen LogP contribution is 2.75. The molecule has 47 heavy (non-hydrogen) atoms. The molecule has 1 aliphatic heterocycles. The molecule has 4 aliphatic carbocycles. The van der Waals surface area contributed by atoms with Gasteiger partial charge in [-0.1, -0.05) is 74.0 Å². The normalized spacial score (nSPS) is 45.0. The summed E-state index contributed by atoms with van der Waals surface area (Å²) in [6.07, 6.45) is 10.1. The Labute approximate surface area is 291 Å². The topological polar surface area (TPSA) is 112 Å². The maximum Gasteiger partial charge on any atom is 0.307 e. The van der Waals surface area contributed by atoms with Crippen LogP contribution in [0.15, 0.2) is 22.7 Å². The van der Waals surface area contributed by atoms with Crippen molar-refractivity contribution in [2.24, 2.45) is 68.3 Å². The summed E-state index contributed by atoms with van der Waals surface area (Å²) in [5.74, 6) is 0.719. The number of ether oxygens (including phenoxy) is 2. The monoisotopic (exact) mass is 716 g/mol.